The van der Waals surface area contributed by atoms with Crippen LogP contribution in [0.5, 0.6) is 11.9 Å². The molecule has 0 radical (unpaired) electrons. The lowest BCUT2D eigenvalue weighted by Crippen LogP contribution is -2.51. The Morgan fingerprint density at radius 1 is 0.800 bits per heavy atom. The highest BCUT2D eigenvalue weighted by atomic mass is 35.5. The second-order valence-electron chi connectivity index (χ2n) is 10.4. The fourth-order valence-electron chi connectivity index (χ4n) is 5.42. The number of hydrogen-bond acceptors (Lipinski definition) is 6. The van der Waals surface area contributed by atoms with Crippen molar-refractivity contribution >= 4 is 29.2 Å². The zero-order valence-electron chi connectivity index (χ0n) is 24.8. The molecule has 5 aromatic rings. The smallest absolute Gasteiger partial charge is 0.348 e. The Balaban J connectivity index is 1.63. The Morgan fingerprint density at radius 2 is 1.31 bits per heavy atom. The molecule has 0 amide bonds. The fraction of sp³-hybridized carbons (Fsp3) is 0.194. The van der Waals surface area contributed by atoms with Gasteiger partial charge in [-0.25, -0.2) is 9.78 Å². The zero-order valence-corrected chi connectivity index (χ0v) is 26.3. The number of rotatable bonds is 13. The first kappa shape index (κ1) is 32.0. The number of carboxylic acids is 1. The Morgan fingerprint density at radius 3 is 1.78 bits per heavy atom. The molecule has 7 nitrogen and oxygen atoms in total. The first-order chi connectivity index (χ1) is 21.8. The van der Waals surface area contributed by atoms with E-state index in [-0.39, 0.29) is 24.4 Å². The summed E-state index contributed by atoms with van der Waals surface area (Å²) in [5.41, 5.74) is 2.11. The minimum atomic E-state index is -1.68. The van der Waals surface area contributed by atoms with Gasteiger partial charge in [0.15, 0.2) is 5.60 Å². The molecule has 0 bridgehead atoms. The van der Waals surface area contributed by atoms with Crippen molar-refractivity contribution in [3.05, 3.63) is 153 Å². The maximum absolute atomic E-state index is 13.3. The predicted molar refractivity (Wildman–Crippen MR) is 174 cm³/mol. The molecule has 4 aromatic carbocycles. The normalized spacial score (nSPS) is 12.1. The van der Waals surface area contributed by atoms with Crippen LogP contribution in [0, 0.1) is 6.92 Å². The molecular formula is C36H32Cl2N2O5. The molecule has 9 heteroatoms. The van der Waals surface area contributed by atoms with E-state index < -0.39 is 17.7 Å². The number of aliphatic carboxylic acids is 1. The highest BCUT2D eigenvalue weighted by Gasteiger charge is 2.50. The van der Waals surface area contributed by atoms with Crippen LogP contribution in [-0.4, -0.2) is 40.9 Å². The summed E-state index contributed by atoms with van der Waals surface area (Å²) in [6, 6.07) is 35.4. The third kappa shape index (κ3) is 7.45. The number of methoxy groups -OCH3 is 1. The maximum Gasteiger partial charge on any atom is 0.348 e. The summed E-state index contributed by atoms with van der Waals surface area (Å²) in [4.78, 5) is 21.9. The van der Waals surface area contributed by atoms with Crippen LogP contribution in [0.25, 0.3) is 0 Å². The lowest BCUT2D eigenvalue weighted by molar-refractivity contribution is -0.164. The molecule has 1 heterocycles. The van der Waals surface area contributed by atoms with Crippen molar-refractivity contribution < 1.29 is 24.1 Å². The highest BCUT2D eigenvalue weighted by Crippen LogP contribution is 2.41. The van der Waals surface area contributed by atoms with Crippen LogP contribution in [-0.2, 0) is 15.1 Å². The average Bonchev–Trinajstić information content (AvgIpc) is 3.05. The number of ether oxygens (including phenoxy) is 3. The molecule has 0 saturated carbocycles. The first-order valence-electron chi connectivity index (χ1n) is 14.3. The van der Waals surface area contributed by atoms with Gasteiger partial charge in [-0.15, -0.1) is 0 Å². The molecule has 1 N–H and O–H groups in total. The molecule has 0 fully saturated rings. The van der Waals surface area contributed by atoms with Crippen LogP contribution in [0.15, 0.2) is 115 Å². The highest BCUT2D eigenvalue weighted by molar-refractivity contribution is 6.30. The van der Waals surface area contributed by atoms with Crippen molar-refractivity contribution in [2.24, 2.45) is 0 Å². The third-order valence-electron chi connectivity index (χ3n) is 7.52. The second-order valence-corrected chi connectivity index (χ2v) is 11.3. The van der Waals surface area contributed by atoms with Crippen molar-refractivity contribution in [1.82, 2.24) is 9.97 Å². The van der Waals surface area contributed by atoms with Crippen molar-refractivity contribution in [3.8, 4) is 11.9 Å². The van der Waals surface area contributed by atoms with Crippen LogP contribution in [0.4, 0.5) is 0 Å². The SMILES string of the molecule is COc1cc(C)nc(OC(C(=O)O)C(OCCC(c2ccccc2)c2ccccc2)(c2ccc(Cl)cc2)c2ccc(Cl)cc2)n1. The number of carboxylic acid groups (broad SMARTS) is 1. The zero-order chi connectivity index (χ0) is 31.8. The summed E-state index contributed by atoms with van der Waals surface area (Å²) in [5.74, 6) is -1.07. The number of halogens is 2. The van der Waals surface area contributed by atoms with Gasteiger partial charge in [-0.1, -0.05) is 108 Å². The Labute approximate surface area is 272 Å². The van der Waals surface area contributed by atoms with E-state index in [1.165, 1.54) is 7.11 Å². The van der Waals surface area contributed by atoms with Crippen LogP contribution in [0.1, 0.15) is 40.3 Å². The van der Waals surface area contributed by atoms with Crippen molar-refractivity contribution in [1.29, 1.82) is 0 Å². The average molecular weight is 644 g/mol. The van der Waals surface area contributed by atoms with Gasteiger partial charge in [0.05, 0.1) is 7.11 Å². The Hall–Kier alpha value is -4.43. The second kappa shape index (κ2) is 14.6. The summed E-state index contributed by atoms with van der Waals surface area (Å²) in [6.45, 7) is 1.90. The van der Waals surface area contributed by atoms with Crippen LogP contribution in [0.2, 0.25) is 10.0 Å². The van der Waals surface area contributed by atoms with Gasteiger partial charge in [0.25, 0.3) is 0 Å². The van der Waals surface area contributed by atoms with E-state index in [1.54, 1.807) is 61.5 Å². The number of carbonyl (C=O) groups is 1. The van der Waals surface area contributed by atoms with Gasteiger partial charge >= 0.3 is 12.0 Å². The molecule has 0 aliphatic heterocycles. The van der Waals surface area contributed by atoms with Gasteiger partial charge in [-0.05, 0) is 59.9 Å². The minimum Gasteiger partial charge on any atom is -0.481 e. The fourth-order valence-corrected chi connectivity index (χ4v) is 5.68. The molecule has 1 aromatic heterocycles. The standard InChI is InChI=1S/C36H32Cl2N2O5/c1-24-23-32(43-2)40-35(39-24)45-33(34(41)42)36(27-13-17-29(37)18-14-27,28-15-19-30(38)20-16-28)44-22-21-31(25-9-5-3-6-10-25)26-11-7-4-8-12-26/h3-20,23,31,33H,21-22H2,1-2H3,(H,41,42). The van der Waals surface area contributed by atoms with Gasteiger partial charge in [0.1, 0.15) is 0 Å². The van der Waals surface area contributed by atoms with Crippen LogP contribution < -0.4 is 9.47 Å². The lowest BCUT2D eigenvalue weighted by atomic mass is 9.80. The number of aromatic nitrogens is 2. The van der Waals surface area contributed by atoms with Gasteiger partial charge in [-0.3, -0.25) is 0 Å². The maximum atomic E-state index is 13.3. The topological polar surface area (TPSA) is 90.8 Å². The van der Waals surface area contributed by atoms with Crippen molar-refractivity contribution in [2.45, 2.75) is 31.0 Å². The number of benzene rings is 4. The van der Waals surface area contributed by atoms with Gasteiger partial charge in [-0.2, -0.15) is 4.98 Å². The van der Waals surface area contributed by atoms with E-state index in [1.807, 2.05) is 36.4 Å². The molecule has 0 aliphatic rings. The number of aryl methyl sites for hydroxylation is 1. The largest absolute Gasteiger partial charge is 0.481 e. The lowest BCUT2D eigenvalue weighted by Gasteiger charge is -2.39. The quantitative estimate of drug-likeness (QED) is 0.139. The van der Waals surface area contributed by atoms with Gasteiger partial charge < -0.3 is 19.3 Å². The van der Waals surface area contributed by atoms with Crippen molar-refractivity contribution in [2.75, 3.05) is 13.7 Å². The monoisotopic (exact) mass is 642 g/mol. The molecule has 0 saturated heterocycles. The molecule has 230 valence electrons. The summed E-state index contributed by atoms with van der Waals surface area (Å²) in [7, 11) is 1.46. The first-order valence-corrected chi connectivity index (χ1v) is 15.1. The molecule has 0 aliphatic carbocycles. The van der Waals surface area contributed by atoms with Gasteiger partial charge in [0, 0.05) is 34.3 Å². The number of nitrogens with zero attached hydrogens (tertiary/aromatic N) is 2. The molecule has 1 atom stereocenters. The Kier molecular flexibility index (Phi) is 10.4. The van der Waals surface area contributed by atoms with E-state index in [4.69, 9.17) is 37.4 Å². The van der Waals surface area contributed by atoms with Crippen molar-refractivity contribution in [3.63, 3.8) is 0 Å². The molecule has 5 rings (SSSR count). The van der Waals surface area contributed by atoms with Gasteiger partial charge in [0.2, 0.25) is 12.0 Å². The summed E-state index contributed by atoms with van der Waals surface area (Å²) in [5, 5.41) is 11.8. The molecule has 1 unspecified atom stereocenters. The van der Waals surface area contributed by atoms with E-state index >= 15 is 0 Å². The minimum absolute atomic E-state index is 0.0194. The van der Waals surface area contributed by atoms with E-state index in [0.29, 0.717) is 33.3 Å². The third-order valence-corrected chi connectivity index (χ3v) is 8.03. The number of hydrogen-bond donors (Lipinski definition) is 1. The Bertz CT molecular complexity index is 1620. The van der Waals surface area contributed by atoms with Crippen LogP contribution in [0.3, 0.4) is 0 Å². The predicted octanol–water partition coefficient (Wildman–Crippen LogP) is 8.12. The molecule has 0 spiro atoms. The van der Waals surface area contributed by atoms with E-state index in [0.717, 1.165) is 11.1 Å². The van der Waals surface area contributed by atoms with E-state index in [2.05, 4.69) is 34.2 Å². The molecule has 45 heavy (non-hydrogen) atoms. The summed E-state index contributed by atoms with van der Waals surface area (Å²) >= 11 is 12.6. The van der Waals surface area contributed by atoms with Crippen LogP contribution >= 0.6 is 23.2 Å². The van der Waals surface area contributed by atoms with E-state index in [9.17, 15) is 9.90 Å². The summed E-state index contributed by atoms with van der Waals surface area (Å²) in [6.07, 6.45) is -1.10. The molecular weight excluding hydrogens is 611 g/mol. The summed E-state index contributed by atoms with van der Waals surface area (Å²) < 4.78 is 18.3.